The largest absolute Gasteiger partial charge is 0.299 e. The van der Waals surface area contributed by atoms with Crippen LogP contribution in [0.4, 0.5) is 0 Å². The molecule has 0 N–H and O–H groups in total. The van der Waals surface area contributed by atoms with Crippen LogP contribution in [0, 0.1) is 12.8 Å². The SMILES string of the molecule is CCC(C)C(=O)CCCc1ccc(C)cc1. The zero-order valence-corrected chi connectivity index (χ0v) is 10.6. The fourth-order valence-electron chi connectivity index (χ4n) is 1.70. The number of aryl methyl sites for hydroxylation is 2. The molecular formula is C15H22O. The number of ketones is 1. The molecule has 1 nitrogen and oxygen atoms in total. The molecule has 0 aliphatic rings. The van der Waals surface area contributed by atoms with E-state index in [1.54, 1.807) is 0 Å². The number of carbonyl (C=O) groups excluding carboxylic acids is 1. The minimum atomic E-state index is 0.234. The van der Waals surface area contributed by atoms with Gasteiger partial charge in [0.1, 0.15) is 5.78 Å². The first kappa shape index (κ1) is 13.0. The zero-order valence-electron chi connectivity index (χ0n) is 10.6. The van der Waals surface area contributed by atoms with Crippen molar-refractivity contribution in [2.24, 2.45) is 5.92 Å². The second-order valence-electron chi connectivity index (χ2n) is 4.61. The van der Waals surface area contributed by atoms with Crippen LogP contribution in [0.1, 0.15) is 44.2 Å². The lowest BCUT2D eigenvalue weighted by atomic mass is 9.97. The third-order valence-corrected chi connectivity index (χ3v) is 3.17. The second-order valence-corrected chi connectivity index (χ2v) is 4.61. The van der Waals surface area contributed by atoms with Crippen molar-refractivity contribution in [3.8, 4) is 0 Å². The third kappa shape index (κ3) is 4.18. The summed E-state index contributed by atoms with van der Waals surface area (Å²) < 4.78 is 0. The summed E-state index contributed by atoms with van der Waals surface area (Å²) in [4.78, 5) is 11.6. The molecule has 0 fully saturated rings. The standard InChI is InChI=1S/C15H22O/c1-4-13(3)15(16)7-5-6-14-10-8-12(2)9-11-14/h8-11,13H,4-7H2,1-3H3. The summed E-state index contributed by atoms with van der Waals surface area (Å²) in [6.07, 6.45) is 3.68. The molecule has 1 aromatic carbocycles. The Balaban J connectivity index is 2.30. The maximum atomic E-state index is 11.6. The minimum Gasteiger partial charge on any atom is -0.299 e. The minimum absolute atomic E-state index is 0.234. The molecule has 1 unspecified atom stereocenters. The van der Waals surface area contributed by atoms with E-state index in [2.05, 4.69) is 38.1 Å². The summed E-state index contributed by atoms with van der Waals surface area (Å²) in [6, 6.07) is 8.57. The molecule has 1 aromatic rings. The molecule has 0 aliphatic carbocycles. The monoisotopic (exact) mass is 218 g/mol. The van der Waals surface area contributed by atoms with Crippen molar-refractivity contribution in [2.45, 2.75) is 46.5 Å². The molecule has 0 radical (unpaired) electrons. The molecule has 1 heteroatoms. The number of Topliss-reactive ketones (excluding diaryl/α,β-unsaturated/α-hetero) is 1. The van der Waals surface area contributed by atoms with Crippen LogP contribution in [0.25, 0.3) is 0 Å². The molecule has 0 spiro atoms. The zero-order chi connectivity index (χ0) is 12.0. The van der Waals surface area contributed by atoms with Crippen molar-refractivity contribution in [3.05, 3.63) is 35.4 Å². The van der Waals surface area contributed by atoms with E-state index in [0.29, 0.717) is 5.78 Å². The van der Waals surface area contributed by atoms with Crippen LogP contribution >= 0.6 is 0 Å². The van der Waals surface area contributed by atoms with E-state index < -0.39 is 0 Å². The fourth-order valence-corrected chi connectivity index (χ4v) is 1.70. The lowest BCUT2D eigenvalue weighted by Crippen LogP contribution is -2.09. The van der Waals surface area contributed by atoms with Gasteiger partial charge in [-0.1, -0.05) is 43.7 Å². The van der Waals surface area contributed by atoms with Gasteiger partial charge in [0.05, 0.1) is 0 Å². The number of hydrogen-bond acceptors (Lipinski definition) is 1. The first-order chi connectivity index (χ1) is 7.63. The first-order valence-corrected chi connectivity index (χ1v) is 6.21. The summed E-state index contributed by atoms with van der Waals surface area (Å²) in [7, 11) is 0. The van der Waals surface area contributed by atoms with Gasteiger partial charge in [0.2, 0.25) is 0 Å². The third-order valence-electron chi connectivity index (χ3n) is 3.17. The number of rotatable bonds is 6. The van der Waals surface area contributed by atoms with Crippen molar-refractivity contribution in [2.75, 3.05) is 0 Å². The van der Waals surface area contributed by atoms with Gasteiger partial charge < -0.3 is 0 Å². The number of benzene rings is 1. The van der Waals surface area contributed by atoms with E-state index in [4.69, 9.17) is 0 Å². The van der Waals surface area contributed by atoms with Crippen LogP contribution in [-0.2, 0) is 11.2 Å². The number of hydrogen-bond donors (Lipinski definition) is 0. The Bertz CT molecular complexity index is 324. The van der Waals surface area contributed by atoms with Crippen molar-refractivity contribution < 1.29 is 4.79 Å². The molecule has 0 amide bonds. The summed E-state index contributed by atoms with van der Waals surface area (Å²) in [5.41, 5.74) is 2.63. The molecule has 1 atom stereocenters. The van der Waals surface area contributed by atoms with E-state index in [1.165, 1.54) is 11.1 Å². The van der Waals surface area contributed by atoms with Gasteiger partial charge in [-0.3, -0.25) is 4.79 Å². The molecule has 0 aliphatic heterocycles. The van der Waals surface area contributed by atoms with Crippen LogP contribution < -0.4 is 0 Å². The summed E-state index contributed by atoms with van der Waals surface area (Å²) in [5.74, 6) is 0.646. The van der Waals surface area contributed by atoms with Gasteiger partial charge in [-0.15, -0.1) is 0 Å². The molecule has 88 valence electrons. The van der Waals surface area contributed by atoms with Crippen LogP contribution in [0.3, 0.4) is 0 Å². The van der Waals surface area contributed by atoms with Crippen molar-refractivity contribution in [1.29, 1.82) is 0 Å². The van der Waals surface area contributed by atoms with Gasteiger partial charge in [-0.05, 0) is 31.7 Å². The van der Waals surface area contributed by atoms with Gasteiger partial charge >= 0.3 is 0 Å². The average molecular weight is 218 g/mol. The summed E-state index contributed by atoms with van der Waals surface area (Å²) in [6.45, 7) is 6.19. The molecule has 0 aromatic heterocycles. The molecule has 0 heterocycles. The second kappa shape index (κ2) is 6.47. The Kier molecular flexibility index (Phi) is 5.24. The molecular weight excluding hydrogens is 196 g/mol. The highest BCUT2D eigenvalue weighted by Crippen LogP contribution is 2.11. The van der Waals surface area contributed by atoms with Crippen LogP contribution in [0.5, 0.6) is 0 Å². The highest BCUT2D eigenvalue weighted by molar-refractivity contribution is 5.80. The number of carbonyl (C=O) groups is 1. The summed E-state index contributed by atoms with van der Waals surface area (Å²) >= 11 is 0. The maximum absolute atomic E-state index is 11.6. The molecule has 0 saturated carbocycles. The highest BCUT2D eigenvalue weighted by atomic mass is 16.1. The smallest absolute Gasteiger partial charge is 0.135 e. The van der Waals surface area contributed by atoms with E-state index in [-0.39, 0.29) is 5.92 Å². The van der Waals surface area contributed by atoms with Gasteiger partial charge in [0.25, 0.3) is 0 Å². The lowest BCUT2D eigenvalue weighted by Gasteiger charge is -2.07. The van der Waals surface area contributed by atoms with Crippen molar-refractivity contribution in [3.63, 3.8) is 0 Å². The topological polar surface area (TPSA) is 17.1 Å². The van der Waals surface area contributed by atoms with Gasteiger partial charge in [-0.25, -0.2) is 0 Å². The summed E-state index contributed by atoms with van der Waals surface area (Å²) in [5, 5.41) is 0. The average Bonchev–Trinajstić information content (AvgIpc) is 2.30. The Labute approximate surface area is 98.9 Å². The van der Waals surface area contributed by atoms with Gasteiger partial charge in [0.15, 0.2) is 0 Å². The van der Waals surface area contributed by atoms with Crippen LogP contribution in [0.15, 0.2) is 24.3 Å². The predicted molar refractivity (Wildman–Crippen MR) is 68.6 cm³/mol. The molecule has 0 saturated heterocycles. The fraction of sp³-hybridized carbons (Fsp3) is 0.533. The Morgan fingerprint density at radius 3 is 2.44 bits per heavy atom. The van der Waals surface area contributed by atoms with E-state index in [0.717, 1.165) is 25.7 Å². The normalized spacial score (nSPS) is 12.4. The van der Waals surface area contributed by atoms with Crippen LogP contribution in [0.2, 0.25) is 0 Å². The maximum Gasteiger partial charge on any atom is 0.135 e. The lowest BCUT2D eigenvalue weighted by molar-refractivity contribution is -0.122. The highest BCUT2D eigenvalue weighted by Gasteiger charge is 2.09. The van der Waals surface area contributed by atoms with Gasteiger partial charge in [0, 0.05) is 12.3 Å². The quantitative estimate of drug-likeness (QED) is 0.707. The van der Waals surface area contributed by atoms with E-state index in [1.807, 2.05) is 6.92 Å². The van der Waals surface area contributed by atoms with E-state index >= 15 is 0 Å². The predicted octanol–water partition coefficient (Wildman–Crippen LogP) is 3.93. The van der Waals surface area contributed by atoms with Crippen LogP contribution in [-0.4, -0.2) is 5.78 Å². The van der Waals surface area contributed by atoms with Gasteiger partial charge in [-0.2, -0.15) is 0 Å². The van der Waals surface area contributed by atoms with Crippen molar-refractivity contribution >= 4 is 5.78 Å². The Morgan fingerprint density at radius 2 is 1.88 bits per heavy atom. The van der Waals surface area contributed by atoms with Crippen molar-refractivity contribution in [1.82, 2.24) is 0 Å². The Morgan fingerprint density at radius 1 is 1.25 bits per heavy atom. The van der Waals surface area contributed by atoms with E-state index in [9.17, 15) is 4.79 Å². The molecule has 1 rings (SSSR count). The Hall–Kier alpha value is -1.11. The molecule has 16 heavy (non-hydrogen) atoms. The first-order valence-electron chi connectivity index (χ1n) is 6.21. The molecule has 0 bridgehead atoms.